The average molecular weight is 534 g/mol. The summed E-state index contributed by atoms with van der Waals surface area (Å²) in [6, 6.07) is 13.2. The fraction of sp³-hybridized carbons (Fsp3) is 0.222. The van der Waals surface area contributed by atoms with Gasteiger partial charge in [0.15, 0.2) is 4.83 Å². The first-order valence-electron chi connectivity index (χ1n) is 7.86. The summed E-state index contributed by atoms with van der Waals surface area (Å²) in [7, 11) is 0. The van der Waals surface area contributed by atoms with Gasteiger partial charge >= 0.3 is 0 Å². The zero-order chi connectivity index (χ0) is 18.8. The number of benzene rings is 2. The van der Waals surface area contributed by atoms with Crippen LogP contribution < -0.4 is 4.90 Å². The van der Waals surface area contributed by atoms with Gasteiger partial charge in [-0.25, -0.2) is 8.78 Å². The molecule has 2 aromatic rings. The van der Waals surface area contributed by atoms with Gasteiger partial charge in [-0.3, -0.25) is 17.8 Å². The van der Waals surface area contributed by atoms with Gasteiger partial charge in [-0.15, -0.1) is 0 Å². The van der Waals surface area contributed by atoms with Crippen LogP contribution in [0.1, 0.15) is 12.5 Å². The Hall–Kier alpha value is -1.55. The fourth-order valence-corrected chi connectivity index (χ4v) is 4.39. The van der Waals surface area contributed by atoms with Crippen LogP contribution in [-0.4, -0.2) is 25.8 Å². The highest BCUT2D eigenvalue weighted by molar-refractivity contribution is 14.1. The Morgan fingerprint density at radius 1 is 1.12 bits per heavy atom. The van der Waals surface area contributed by atoms with Crippen LogP contribution in [-0.2, 0) is 11.3 Å². The minimum Gasteiger partial charge on any atom is -0.284 e. The van der Waals surface area contributed by atoms with E-state index in [0.29, 0.717) is 12.4 Å². The molecule has 0 N–H and O–H groups in total. The number of alkyl halides is 1. The van der Waals surface area contributed by atoms with Crippen LogP contribution in [0.15, 0.2) is 53.5 Å². The third-order valence-electron chi connectivity index (χ3n) is 4.05. The second-order valence-electron chi connectivity index (χ2n) is 5.74. The van der Waals surface area contributed by atoms with E-state index < -0.39 is 28.5 Å². The van der Waals surface area contributed by atoms with Crippen molar-refractivity contribution in [3.63, 3.8) is 0 Å². The van der Waals surface area contributed by atoms with Crippen molar-refractivity contribution in [2.45, 2.75) is 24.5 Å². The summed E-state index contributed by atoms with van der Waals surface area (Å²) in [6.45, 7) is 2.11. The Kier molecular flexibility index (Phi) is 5.91. The van der Waals surface area contributed by atoms with Gasteiger partial charge in [0, 0.05) is 0 Å². The maximum atomic E-state index is 14.2. The van der Waals surface area contributed by atoms with Gasteiger partial charge < -0.3 is 0 Å². The van der Waals surface area contributed by atoms with E-state index in [0.717, 1.165) is 22.6 Å². The zero-order valence-electron chi connectivity index (χ0n) is 13.7. The lowest BCUT2D eigenvalue weighted by atomic mass is 10.1. The number of hydrogen-bond acceptors (Lipinski definition) is 2. The van der Waals surface area contributed by atoms with Crippen molar-refractivity contribution in [1.82, 2.24) is 3.11 Å². The first-order chi connectivity index (χ1) is 12.4. The van der Waals surface area contributed by atoms with E-state index in [-0.39, 0.29) is 5.69 Å². The number of amides is 1. The molecule has 1 fully saturated rings. The topological polar surface area (TPSA) is 35.9 Å². The molecule has 0 saturated carbocycles. The number of amidine groups is 1. The van der Waals surface area contributed by atoms with Crippen molar-refractivity contribution < 1.29 is 13.6 Å². The molecule has 0 radical (unpaired) electrons. The summed E-state index contributed by atoms with van der Waals surface area (Å²) >= 11 is 5.35. The third-order valence-corrected chi connectivity index (χ3v) is 6.15. The lowest BCUT2D eigenvalue weighted by Gasteiger charge is -2.42. The number of aliphatic imine (C=N–C) groups is 1. The van der Waals surface area contributed by atoms with E-state index in [1.54, 1.807) is 10.0 Å². The van der Waals surface area contributed by atoms with Crippen molar-refractivity contribution in [1.29, 1.82) is 0 Å². The zero-order valence-corrected chi connectivity index (χ0v) is 17.5. The molecule has 0 spiro atoms. The van der Waals surface area contributed by atoms with Crippen molar-refractivity contribution in [2.75, 3.05) is 4.90 Å². The molecule has 1 saturated heterocycles. The molecule has 8 heteroatoms. The summed E-state index contributed by atoms with van der Waals surface area (Å²) in [5.74, 6) is -1.50. The van der Waals surface area contributed by atoms with E-state index in [2.05, 4.69) is 20.9 Å². The molecule has 1 aliphatic rings. The molecule has 0 bridgehead atoms. The fourth-order valence-electron chi connectivity index (χ4n) is 2.74. The maximum absolute atomic E-state index is 14.2. The standard InChI is InChI=1S/C18H15BrF2IN3O/c1-11-24(16-13(20)8-5-9-14(16)21)18(26)15(19)17(25(11)22)23-10-12-6-3-2-4-7-12/h2-9,11,15H,10H2,1H3. The molecular formula is C18H15BrF2IN3O. The Bertz CT molecular complexity index is 829. The predicted molar refractivity (Wildman–Crippen MR) is 109 cm³/mol. The third kappa shape index (κ3) is 3.62. The number of para-hydroxylation sites is 1. The van der Waals surface area contributed by atoms with Crippen LogP contribution in [0.5, 0.6) is 0 Å². The van der Waals surface area contributed by atoms with Crippen molar-refractivity contribution in [3.8, 4) is 0 Å². The van der Waals surface area contributed by atoms with Crippen LogP contribution >= 0.6 is 38.8 Å². The summed E-state index contributed by atoms with van der Waals surface area (Å²) in [4.78, 5) is 17.7. The lowest BCUT2D eigenvalue weighted by molar-refractivity contribution is -0.118. The Labute approximate surface area is 172 Å². The van der Waals surface area contributed by atoms with Crippen molar-refractivity contribution in [2.24, 2.45) is 4.99 Å². The van der Waals surface area contributed by atoms with Gasteiger partial charge in [0.1, 0.15) is 29.3 Å². The summed E-state index contributed by atoms with van der Waals surface area (Å²) in [6.07, 6.45) is -0.599. The molecule has 2 unspecified atom stereocenters. The number of rotatable bonds is 3. The maximum Gasteiger partial charge on any atom is 0.250 e. The molecule has 136 valence electrons. The average Bonchev–Trinajstić information content (AvgIpc) is 2.63. The molecule has 0 aliphatic carbocycles. The second kappa shape index (κ2) is 7.99. The molecule has 0 aromatic heterocycles. The van der Waals surface area contributed by atoms with E-state index >= 15 is 0 Å². The molecule has 4 nitrogen and oxygen atoms in total. The monoisotopic (exact) mass is 533 g/mol. The van der Waals surface area contributed by atoms with Gasteiger partial charge in [-0.2, -0.15) is 0 Å². The number of hydrogen-bond donors (Lipinski definition) is 0. The molecule has 1 heterocycles. The van der Waals surface area contributed by atoms with Crippen molar-refractivity contribution >= 4 is 56.2 Å². The van der Waals surface area contributed by atoms with Gasteiger partial charge in [-0.1, -0.05) is 52.3 Å². The highest BCUT2D eigenvalue weighted by Gasteiger charge is 2.43. The molecule has 1 amide bonds. The van der Waals surface area contributed by atoms with Crippen LogP contribution in [0.4, 0.5) is 14.5 Å². The molecule has 1 aliphatic heterocycles. The number of carbonyl (C=O) groups excluding carboxylic acids is 1. The SMILES string of the molecule is CC1N(I)C(=NCc2ccccc2)C(Br)C(=O)N1c1c(F)cccc1F. The van der Waals surface area contributed by atoms with Gasteiger partial charge in [0.25, 0.3) is 0 Å². The van der Waals surface area contributed by atoms with E-state index in [1.165, 1.54) is 6.07 Å². The number of halogens is 4. The van der Waals surface area contributed by atoms with Gasteiger partial charge in [0.2, 0.25) is 5.91 Å². The minimum atomic E-state index is -0.793. The van der Waals surface area contributed by atoms with Gasteiger partial charge in [-0.05, 0) is 24.6 Å². The Morgan fingerprint density at radius 3 is 2.35 bits per heavy atom. The molecule has 2 atom stereocenters. The smallest absolute Gasteiger partial charge is 0.250 e. The summed E-state index contributed by atoms with van der Waals surface area (Å²) < 4.78 is 30.1. The Balaban J connectivity index is 1.93. The Morgan fingerprint density at radius 2 is 1.73 bits per heavy atom. The van der Waals surface area contributed by atoms with E-state index in [9.17, 15) is 13.6 Å². The van der Waals surface area contributed by atoms with Gasteiger partial charge in [0.05, 0.1) is 29.4 Å². The normalized spacial score (nSPS) is 22.2. The van der Waals surface area contributed by atoms with Crippen LogP contribution in [0, 0.1) is 11.6 Å². The molecule has 2 aromatic carbocycles. The predicted octanol–water partition coefficient (Wildman–Crippen LogP) is 4.67. The van der Waals surface area contributed by atoms with E-state index in [1.807, 2.05) is 53.2 Å². The quantitative estimate of drug-likeness (QED) is 0.326. The molecular weight excluding hydrogens is 519 g/mol. The van der Waals surface area contributed by atoms with Crippen molar-refractivity contribution in [3.05, 3.63) is 65.7 Å². The highest BCUT2D eigenvalue weighted by atomic mass is 127. The molecule has 3 rings (SSSR count). The summed E-state index contributed by atoms with van der Waals surface area (Å²) in [5.41, 5.74) is 0.658. The first-order valence-corrected chi connectivity index (χ1v) is 9.74. The van der Waals surface area contributed by atoms with Crippen LogP contribution in [0.25, 0.3) is 0 Å². The number of anilines is 1. The van der Waals surface area contributed by atoms with Crippen LogP contribution in [0.2, 0.25) is 0 Å². The van der Waals surface area contributed by atoms with Crippen LogP contribution in [0.3, 0.4) is 0 Å². The number of nitrogens with zero attached hydrogens (tertiary/aromatic N) is 3. The van der Waals surface area contributed by atoms with E-state index in [4.69, 9.17) is 0 Å². The second-order valence-corrected chi connectivity index (χ2v) is 7.70. The summed E-state index contributed by atoms with van der Waals surface area (Å²) in [5, 5.41) is 0. The largest absolute Gasteiger partial charge is 0.284 e. The molecule has 26 heavy (non-hydrogen) atoms. The minimum absolute atomic E-state index is 0.349. The first kappa shape index (κ1) is 19.2. The highest BCUT2D eigenvalue weighted by Crippen LogP contribution is 2.33. The lowest BCUT2D eigenvalue weighted by Crippen LogP contribution is -2.60. The number of carbonyl (C=O) groups is 1.